The molecule has 1 N–H and O–H groups in total. The molecule has 0 amide bonds. The van der Waals surface area contributed by atoms with Crippen LogP contribution in [0.3, 0.4) is 0 Å². The Morgan fingerprint density at radius 1 is 1.29 bits per heavy atom. The minimum absolute atomic E-state index is 0.139. The Labute approximate surface area is 130 Å². The molecule has 21 heavy (non-hydrogen) atoms. The standard InChI is InChI=1S/C18H31N3/c1-5-7-15-10-11-21(13-15)14-17-9-6-8-16(20-17)12-19-18(2,3)4/h6,8-9,15,19H,5,7,10-14H2,1-4H3. The van der Waals surface area contributed by atoms with E-state index in [-0.39, 0.29) is 5.54 Å². The smallest absolute Gasteiger partial charge is 0.0547 e. The number of rotatable bonds is 6. The zero-order valence-corrected chi connectivity index (χ0v) is 14.2. The topological polar surface area (TPSA) is 28.2 Å². The van der Waals surface area contributed by atoms with Gasteiger partial charge in [0.25, 0.3) is 0 Å². The van der Waals surface area contributed by atoms with Gasteiger partial charge in [0.05, 0.1) is 11.4 Å². The van der Waals surface area contributed by atoms with Gasteiger partial charge in [-0.05, 0) is 58.2 Å². The highest BCUT2D eigenvalue weighted by Crippen LogP contribution is 2.22. The highest BCUT2D eigenvalue weighted by atomic mass is 15.2. The Morgan fingerprint density at radius 2 is 2.05 bits per heavy atom. The van der Waals surface area contributed by atoms with Crippen LogP contribution in [0.15, 0.2) is 18.2 Å². The lowest BCUT2D eigenvalue weighted by Crippen LogP contribution is -2.35. The highest BCUT2D eigenvalue weighted by molar-refractivity contribution is 5.11. The van der Waals surface area contributed by atoms with Gasteiger partial charge >= 0.3 is 0 Å². The molecule has 3 nitrogen and oxygen atoms in total. The van der Waals surface area contributed by atoms with Gasteiger partial charge in [-0.25, -0.2) is 0 Å². The fourth-order valence-corrected chi connectivity index (χ4v) is 3.00. The van der Waals surface area contributed by atoms with Crippen molar-refractivity contribution < 1.29 is 0 Å². The van der Waals surface area contributed by atoms with Crippen molar-refractivity contribution >= 4 is 0 Å². The van der Waals surface area contributed by atoms with Gasteiger partial charge < -0.3 is 5.32 Å². The summed E-state index contributed by atoms with van der Waals surface area (Å²) in [5.41, 5.74) is 2.49. The molecule has 1 atom stereocenters. The van der Waals surface area contributed by atoms with Crippen LogP contribution < -0.4 is 5.32 Å². The molecule has 2 rings (SSSR count). The summed E-state index contributed by atoms with van der Waals surface area (Å²) < 4.78 is 0. The maximum atomic E-state index is 4.81. The second-order valence-corrected chi connectivity index (χ2v) is 7.40. The Morgan fingerprint density at radius 3 is 2.76 bits per heavy atom. The average molecular weight is 289 g/mol. The molecule has 1 unspecified atom stereocenters. The summed E-state index contributed by atoms with van der Waals surface area (Å²) in [7, 11) is 0. The fraction of sp³-hybridized carbons (Fsp3) is 0.722. The van der Waals surface area contributed by atoms with Crippen LogP contribution in [0.4, 0.5) is 0 Å². The predicted octanol–water partition coefficient (Wildman–Crippen LogP) is 3.59. The van der Waals surface area contributed by atoms with E-state index in [9.17, 15) is 0 Å². The quantitative estimate of drug-likeness (QED) is 0.867. The molecule has 2 heterocycles. The monoisotopic (exact) mass is 289 g/mol. The van der Waals surface area contributed by atoms with Crippen molar-refractivity contribution in [3.05, 3.63) is 29.6 Å². The van der Waals surface area contributed by atoms with Crippen LogP contribution in [-0.4, -0.2) is 28.5 Å². The summed E-state index contributed by atoms with van der Waals surface area (Å²) in [6.45, 7) is 13.2. The molecule has 1 aromatic heterocycles. The van der Waals surface area contributed by atoms with Crippen molar-refractivity contribution in [3.8, 4) is 0 Å². The maximum Gasteiger partial charge on any atom is 0.0547 e. The maximum absolute atomic E-state index is 4.81. The van der Waals surface area contributed by atoms with Crippen molar-refractivity contribution in [3.63, 3.8) is 0 Å². The minimum atomic E-state index is 0.139. The number of hydrogen-bond acceptors (Lipinski definition) is 3. The van der Waals surface area contributed by atoms with Gasteiger partial charge in [0, 0.05) is 25.2 Å². The van der Waals surface area contributed by atoms with E-state index < -0.39 is 0 Å². The summed E-state index contributed by atoms with van der Waals surface area (Å²) in [5.74, 6) is 0.903. The first kappa shape index (κ1) is 16.4. The average Bonchev–Trinajstić information content (AvgIpc) is 2.84. The second-order valence-electron chi connectivity index (χ2n) is 7.40. The molecule has 1 aliphatic rings. The molecule has 1 fully saturated rings. The van der Waals surface area contributed by atoms with Crippen molar-refractivity contribution in [1.82, 2.24) is 15.2 Å². The number of aromatic nitrogens is 1. The largest absolute Gasteiger partial charge is 0.306 e. The Kier molecular flexibility index (Phi) is 5.77. The van der Waals surface area contributed by atoms with Gasteiger partial charge in [0.2, 0.25) is 0 Å². The molecule has 118 valence electrons. The molecule has 1 aromatic rings. The SMILES string of the molecule is CCCC1CCN(Cc2cccc(CNC(C)(C)C)n2)C1. The van der Waals surface area contributed by atoms with Crippen LogP contribution in [0.2, 0.25) is 0 Å². The zero-order valence-electron chi connectivity index (χ0n) is 14.2. The van der Waals surface area contributed by atoms with E-state index in [0.717, 1.165) is 24.7 Å². The predicted molar refractivity (Wildman–Crippen MR) is 89.1 cm³/mol. The highest BCUT2D eigenvalue weighted by Gasteiger charge is 2.21. The molecule has 0 aromatic carbocycles. The molecule has 1 saturated heterocycles. The van der Waals surface area contributed by atoms with E-state index in [1.807, 2.05) is 0 Å². The third-order valence-corrected chi connectivity index (χ3v) is 4.12. The van der Waals surface area contributed by atoms with Gasteiger partial charge in [-0.1, -0.05) is 19.4 Å². The number of pyridine rings is 1. The molecular formula is C18H31N3. The molecule has 0 saturated carbocycles. The second kappa shape index (κ2) is 7.37. The summed E-state index contributed by atoms with van der Waals surface area (Å²) in [6.07, 6.45) is 4.04. The molecule has 0 aliphatic carbocycles. The van der Waals surface area contributed by atoms with E-state index >= 15 is 0 Å². The lowest BCUT2D eigenvalue weighted by Gasteiger charge is -2.20. The van der Waals surface area contributed by atoms with Crippen LogP contribution in [0.5, 0.6) is 0 Å². The first-order valence-electron chi connectivity index (χ1n) is 8.38. The van der Waals surface area contributed by atoms with Gasteiger partial charge in [-0.15, -0.1) is 0 Å². The van der Waals surface area contributed by atoms with Crippen molar-refractivity contribution in [2.75, 3.05) is 13.1 Å². The molecule has 0 spiro atoms. The molecule has 3 heteroatoms. The number of nitrogens with one attached hydrogen (secondary N) is 1. The third kappa shape index (κ3) is 5.76. The number of nitrogens with zero attached hydrogens (tertiary/aromatic N) is 2. The Balaban J connectivity index is 1.86. The van der Waals surface area contributed by atoms with Crippen molar-refractivity contribution in [2.24, 2.45) is 5.92 Å². The van der Waals surface area contributed by atoms with Gasteiger partial charge in [-0.3, -0.25) is 9.88 Å². The summed E-state index contributed by atoms with van der Waals surface area (Å²) >= 11 is 0. The molecule has 1 aliphatic heterocycles. The van der Waals surface area contributed by atoms with E-state index in [1.165, 1.54) is 38.0 Å². The van der Waals surface area contributed by atoms with E-state index in [0.29, 0.717) is 0 Å². The lowest BCUT2D eigenvalue weighted by atomic mass is 10.0. The van der Waals surface area contributed by atoms with Gasteiger partial charge in [-0.2, -0.15) is 0 Å². The van der Waals surface area contributed by atoms with Gasteiger partial charge in [0.15, 0.2) is 0 Å². The fourth-order valence-electron chi connectivity index (χ4n) is 3.00. The molecule has 0 radical (unpaired) electrons. The van der Waals surface area contributed by atoms with Gasteiger partial charge in [0.1, 0.15) is 0 Å². The zero-order chi connectivity index (χ0) is 15.3. The number of likely N-dealkylation sites (tertiary alicyclic amines) is 1. The number of hydrogen-bond donors (Lipinski definition) is 1. The summed E-state index contributed by atoms with van der Waals surface area (Å²) in [4.78, 5) is 7.37. The Hall–Kier alpha value is -0.930. The van der Waals surface area contributed by atoms with Crippen LogP contribution in [0.25, 0.3) is 0 Å². The Bertz CT molecular complexity index is 436. The van der Waals surface area contributed by atoms with Crippen molar-refractivity contribution in [1.29, 1.82) is 0 Å². The molecule has 0 bridgehead atoms. The van der Waals surface area contributed by atoms with Crippen LogP contribution in [0, 0.1) is 5.92 Å². The first-order valence-corrected chi connectivity index (χ1v) is 8.38. The van der Waals surface area contributed by atoms with Crippen LogP contribution >= 0.6 is 0 Å². The van der Waals surface area contributed by atoms with Crippen molar-refractivity contribution in [2.45, 2.75) is 65.6 Å². The van der Waals surface area contributed by atoms with Crippen LogP contribution in [-0.2, 0) is 13.1 Å². The molecular weight excluding hydrogens is 258 g/mol. The van der Waals surface area contributed by atoms with Crippen LogP contribution in [0.1, 0.15) is 58.3 Å². The third-order valence-electron chi connectivity index (χ3n) is 4.12. The normalized spacial score (nSPS) is 20.1. The summed E-state index contributed by atoms with van der Waals surface area (Å²) in [6, 6.07) is 6.42. The minimum Gasteiger partial charge on any atom is -0.306 e. The van der Waals surface area contributed by atoms with E-state index in [2.05, 4.69) is 56.1 Å². The lowest BCUT2D eigenvalue weighted by molar-refractivity contribution is 0.308. The summed E-state index contributed by atoms with van der Waals surface area (Å²) in [5, 5.41) is 3.51. The van der Waals surface area contributed by atoms with E-state index in [1.54, 1.807) is 0 Å². The van der Waals surface area contributed by atoms with E-state index in [4.69, 9.17) is 4.98 Å². The first-order chi connectivity index (χ1) is 9.96.